The van der Waals surface area contributed by atoms with Gasteiger partial charge in [-0.2, -0.15) is 0 Å². The first kappa shape index (κ1) is 42.3. The topological polar surface area (TPSA) is 54.0 Å². The summed E-state index contributed by atoms with van der Waals surface area (Å²) in [7, 11) is -2.10. The van der Waals surface area contributed by atoms with Crippen LogP contribution in [0.1, 0.15) is 66.0 Å². The minimum absolute atomic E-state index is 0.0410. The minimum atomic E-state index is -2.10. The average molecular weight is 827 g/mol. The molecule has 61 heavy (non-hydrogen) atoms. The van der Waals surface area contributed by atoms with Gasteiger partial charge in [-0.05, 0) is 82.9 Å². The summed E-state index contributed by atoms with van der Waals surface area (Å²) in [4.78, 5) is 13.1. The number of carbonyl (C=O) groups excluding carboxylic acids is 1. The summed E-state index contributed by atoms with van der Waals surface area (Å²) in [5.41, 5.74) is 7.16. The summed E-state index contributed by atoms with van der Waals surface area (Å²) in [6.07, 6.45) is 2.16. The van der Waals surface area contributed by atoms with Gasteiger partial charge in [0.1, 0.15) is 17.3 Å². The number of ether oxygens (including phenoxy) is 3. The molecular weight excluding hydrogens is 769 g/mol. The molecule has 0 N–H and O–H groups in total. The summed E-state index contributed by atoms with van der Waals surface area (Å²) in [5, 5.41) is 0. The Balaban J connectivity index is 1.16. The molecule has 1 fully saturated rings. The SMILES string of the molecule is C[C@@H](CCCOC(c1ccccc1)(c1ccccc1)c1ccccc1)C1=C(COC(c2ccccc2)(c2ccccc2)c2ccccc2)C[C@H]2OC(=O)C[C@H]2[C@@H]1O[Si](C)(C)C. The lowest BCUT2D eigenvalue weighted by molar-refractivity contribution is -0.141. The van der Waals surface area contributed by atoms with E-state index in [9.17, 15) is 4.79 Å². The monoisotopic (exact) mass is 826 g/mol. The number of rotatable bonds is 17. The molecule has 1 aliphatic heterocycles. The highest BCUT2D eigenvalue weighted by Gasteiger charge is 2.49. The molecule has 0 amide bonds. The van der Waals surface area contributed by atoms with Crippen LogP contribution >= 0.6 is 0 Å². The molecule has 8 rings (SSSR count). The Bertz CT molecular complexity index is 2150. The quantitative estimate of drug-likeness (QED) is 0.0301. The fourth-order valence-corrected chi connectivity index (χ4v) is 10.8. The van der Waals surface area contributed by atoms with Gasteiger partial charge in [-0.25, -0.2) is 0 Å². The highest BCUT2D eigenvalue weighted by atomic mass is 28.4. The molecule has 312 valence electrons. The zero-order valence-corrected chi connectivity index (χ0v) is 36.9. The molecule has 0 unspecified atom stereocenters. The van der Waals surface area contributed by atoms with Crippen molar-refractivity contribution in [1.82, 2.24) is 0 Å². The van der Waals surface area contributed by atoms with Gasteiger partial charge >= 0.3 is 5.97 Å². The van der Waals surface area contributed by atoms with Crippen LogP contribution in [0.15, 0.2) is 193 Å². The second kappa shape index (κ2) is 18.7. The van der Waals surface area contributed by atoms with E-state index in [0.29, 0.717) is 26.1 Å². The first-order chi connectivity index (χ1) is 29.7. The zero-order valence-electron chi connectivity index (χ0n) is 35.9. The first-order valence-electron chi connectivity index (χ1n) is 21.9. The third-order valence-electron chi connectivity index (χ3n) is 12.4. The van der Waals surface area contributed by atoms with Crippen LogP contribution in [0.5, 0.6) is 0 Å². The van der Waals surface area contributed by atoms with Crippen LogP contribution in [0.25, 0.3) is 0 Å². The maximum absolute atomic E-state index is 13.1. The van der Waals surface area contributed by atoms with Gasteiger partial charge in [-0.1, -0.05) is 189 Å². The van der Waals surface area contributed by atoms with Crippen molar-refractivity contribution in [2.24, 2.45) is 11.8 Å². The van der Waals surface area contributed by atoms with Gasteiger partial charge in [0.15, 0.2) is 8.32 Å². The maximum Gasteiger partial charge on any atom is 0.306 e. The van der Waals surface area contributed by atoms with Crippen molar-refractivity contribution in [2.75, 3.05) is 13.2 Å². The number of esters is 1. The van der Waals surface area contributed by atoms with Gasteiger partial charge in [-0.3, -0.25) is 4.79 Å². The van der Waals surface area contributed by atoms with Crippen LogP contribution in [0.3, 0.4) is 0 Å². The van der Waals surface area contributed by atoms with Crippen LogP contribution in [-0.2, 0) is 34.6 Å². The molecule has 0 radical (unpaired) electrons. The fourth-order valence-electron chi connectivity index (χ4n) is 9.72. The highest BCUT2D eigenvalue weighted by molar-refractivity contribution is 6.69. The Morgan fingerprint density at radius 1 is 0.574 bits per heavy atom. The zero-order chi connectivity index (χ0) is 42.3. The lowest BCUT2D eigenvalue weighted by Crippen LogP contribution is -2.45. The molecule has 6 heteroatoms. The molecule has 0 saturated carbocycles. The molecule has 5 nitrogen and oxygen atoms in total. The summed E-state index contributed by atoms with van der Waals surface area (Å²) < 4.78 is 28.1. The van der Waals surface area contributed by atoms with Crippen molar-refractivity contribution in [2.45, 2.75) is 75.7 Å². The van der Waals surface area contributed by atoms with E-state index in [-0.39, 0.29) is 30.0 Å². The Hall–Kier alpha value is -5.37. The highest BCUT2D eigenvalue weighted by Crippen LogP contribution is 2.47. The summed E-state index contributed by atoms with van der Waals surface area (Å²) in [6, 6.07) is 63.3. The predicted molar refractivity (Wildman–Crippen MR) is 247 cm³/mol. The first-order valence-corrected chi connectivity index (χ1v) is 25.3. The standard InChI is InChI=1S/C55H58O5Si/c1-41(24-23-37-57-54(43-25-11-5-12-26-43,44-27-13-6-14-28-44)45-29-15-7-16-30-45)52-42(38-50-49(39-51(56)59-50)53(52)60-61(2,3)4)40-58-55(46-31-17-8-18-32-46,47-33-19-9-20-34-47)48-35-21-10-22-36-48/h5-22,25-36,41,49-50,53H,23-24,37-40H2,1-4H3/t41-,49+,50+,53-/m0/s1. The number of benzene rings is 6. The smallest absolute Gasteiger partial charge is 0.306 e. The number of hydrogen-bond acceptors (Lipinski definition) is 5. The lowest BCUT2D eigenvalue weighted by Gasteiger charge is -2.43. The Kier molecular flexibility index (Phi) is 13.0. The van der Waals surface area contributed by atoms with E-state index in [2.05, 4.69) is 190 Å². The van der Waals surface area contributed by atoms with Crippen LogP contribution in [0.2, 0.25) is 19.6 Å². The van der Waals surface area contributed by atoms with Crippen LogP contribution in [0.4, 0.5) is 0 Å². The number of carbonyl (C=O) groups is 1. The minimum Gasteiger partial charge on any atom is -0.462 e. The van der Waals surface area contributed by atoms with Gasteiger partial charge in [0.25, 0.3) is 0 Å². The van der Waals surface area contributed by atoms with Crippen molar-refractivity contribution >= 4 is 14.3 Å². The lowest BCUT2D eigenvalue weighted by atomic mass is 9.74. The molecule has 6 aromatic rings. The van der Waals surface area contributed by atoms with Gasteiger partial charge < -0.3 is 18.6 Å². The molecule has 0 bridgehead atoms. The van der Waals surface area contributed by atoms with Crippen molar-refractivity contribution in [3.63, 3.8) is 0 Å². The van der Waals surface area contributed by atoms with E-state index in [1.807, 2.05) is 18.2 Å². The Morgan fingerprint density at radius 3 is 1.33 bits per heavy atom. The van der Waals surface area contributed by atoms with Gasteiger partial charge in [0.2, 0.25) is 0 Å². The molecule has 0 spiro atoms. The second-order valence-electron chi connectivity index (χ2n) is 17.5. The Morgan fingerprint density at radius 2 is 0.951 bits per heavy atom. The summed E-state index contributed by atoms with van der Waals surface area (Å²) in [5.74, 6) is -0.0620. The normalized spacial score (nSPS) is 18.7. The van der Waals surface area contributed by atoms with Crippen molar-refractivity contribution < 1.29 is 23.4 Å². The number of hydrogen-bond donors (Lipinski definition) is 0. The van der Waals surface area contributed by atoms with E-state index in [0.717, 1.165) is 51.8 Å². The molecule has 1 saturated heterocycles. The maximum atomic E-state index is 13.1. The largest absolute Gasteiger partial charge is 0.462 e. The third-order valence-corrected chi connectivity index (χ3v) is 13.3. The third kappa shape index (κ3) is 9.00. The molecule has 2 aliphatic rings. The van der Waals surface area contributed by atoms with Crippen molar-refractivity contribution in [3.8, 4) is 0 Å². The molecule has 4 atom stereocenters. The number of fused-ring (bicyclic) bond motifs is 1. The van der Waals surface area contributed by atoms with E-state index < -0.39 is 19.5 Å². The molecule has 0 aromatic heterocycles. The molecule has 1 heterocycles. The molecule has 1 aliphatic carbocycles. The van der Waals surface area contributed by atoms with Gasteiger partial charge in [-0.15, -0.1) is 0 Å². The Labute approximate surface area is 363 Å². The summed E-state index contributed by atoms with van der Waals surface area (Å²) in [6.45, 7) is 9.92. The van der Waals surface area contributed by atoms with E-state index in [1.54, 1.807) is 0 Å². The van der Waals surface area contributed by atoms with E-state index in [4.69, 9.17) is 18.6 Å². The predicted octanol–water partition coefficient (Wildman–Crippen LogP) is 12.3. The van der Waals surface area contributed by atoms with Gasteiger partial charge in [0.05, 0.1) is 19.1 Å². The van der Waals surface area contributed by atoms with Crippen molar-refractivity contribution in [1.29, 1.82) is 0 Å². The molecule has 6 aromatic carbocycles. The second-order valence-corrected chi connectivity index (χ2v) is 22.0. The molecular formula is C55H58O5Si. The van der Waals surface area contributed by atoms with Gasteiger partial charge in [0, 0.05) is 18.9 Å². The fraction of sp³-hybridized carbons (Fsp3) is 0.291. The van der Waals surface area contributed by atoms with Crippen LogP contribution < -0.4 is 0 Å². The van der Waals surface area contributed by atoms with Crippen LogP contribution in [0, 0.1) is 11.8 Å². The summed E-state index contributed by atoms with van der Waals surface area (Å²) >= 11 is 0. The van der Waals surface area contributed by atoms with E-state index >= 15 is 0 Å². The van der Waals surface area contributed by atoms with Crippen molar-refractivity contribution in [3.05, 3.63) is 227 Å². The van der Waals surface area contributed by atoms with Crippen LogP contribution in [-0.4, -0.2) is 39.7 Å². The van der Waals surface area contributed by atoms with E-state index in [1.165, 1.54) is 5.57 Å². The average Bonchev–Trinajstić information content (AvgIpc) is 3.68.